The Morgan fingerprint density at radius 2 is 1.70 bits per heavy atom. The predicted molar refractivity (Wildman–Crippen MR) is 89.3 cm³/mol. The molecule has 0 radical (unpaired) electrons. The van der Waals surface area contributed by atoms with Gasteiger partial charge in [0.05, 0.1) is 0 Å². The minimum absolute atomic E-state index is 0.216. The summed E-state index contributed by atoms with van der Waals surface area (Å²) in [6, 6.07) is 0. The van der Waals surface area contributed by atoms with E-state index in [-0.39, 0.29) is 5.54 Å². The van der Waals surface area contributed by atoms with E-state index in [2.05, 4.69) is 56.8 Å². The van der Waals surface area contributed by atoms with Crippen LogP contribution in [0.25, 0.3) is 0 Å². The summed E-state index contributed by atoms with van der Waals surface area (Å²) >= 11 is 0. The Morgan fingerprint density at radius 3 is 2.30 bits per heavy atom. The van der Waals surface area contributed by atoms with Gasteiger partial charge < -0.3 is 15.1 Å². The topological polar surface area (TPSA) is 18.5 Å². The maximum absolute atomic E-state index is 3.72. The van der Waals surface area contributed by atoms with Crippen LogP contribution in [0.5, 0.6) is 0 Å². The maximum atomic E-state index is 3.72. The van der Waals surface area contributed by atoms with Gasteiger partial charge in [-0.2, -0.15) is 0 Å². The number of hydrogen-bond donors (Lipinski definition) is 1. The van der Waals surface area contributed by atoms with Crippen molar-refractivity contribution in [3.8, 4) is 0 Å². The maximum Gasteiger partial charge on any atom is 0.0109 e. The van der Waals surface area contributed by atoms with Crippen LogP contribution in [0.1, 0.15) is 53.9 Å². The molecule has 1 saturated heterocycles. The van der Waals surface area contributed by atoms with Crippen molar-refractivity contribution in [2.24, 2.45) is 5.41 Å². The lowest BCUT2D eigenvalue weighted by Crippen LogP contribution is -2.48. The van der Waals surface area contributed by atoms with Crippen molar-refractivity contribution in [2.75, 3.05) is 46.3 Å². The molecule has 1 rings (SSSR count). The zero-order chi connectivity index (χ0) is 15.2. The smallest absolute Gasteiger partial charge is 0.0109 e. The highest BCUT2D eigenvalue weighted by atomic mass is 15.2. The van der Waals surface area contributed by atoms with Crippen LogP contribution in [0.3, 0.4) is 0 Å². The highest BCUT2D eigenvalue weighted by Gasteiger charge is 2.28. The van der Waals surface area contributed by atoms with Crippen LogP contribution in [-0.2, 0) is 0 Å². The highest BCUT2D eigenvalue weighted by molar-refractivity contribution is 4.85. The molecule has 0 aliphatic carbocycles. The monoisotopic (exact) mass is 283 g/mol. The number of hydrogen-bond acceptors (Lipinski definition) is 3. The quantitative estimate of drug-likeness (QED) is 0.809. The minimum atomic E-state index is 0.216. The number of likely N-dealkylation sites (N-methyl/N-ethyl adjacent to an activating group) is 1. The van der Waals surface area contributed by atoms with E-state index in [0.717, 1.165) is 6.54 Å². The molecule has 1 N–H and O–H groups in total. The lowest BCUT2D eigenvalue weighted by atomic mass is 9.84. The van der Waals surface area contributed by atoms with Gasteiger partial charge in [-0.15, -0.1) is 0 Å². The molecule has 0 bridgehead atoms. The van der Waals surface area contributed by atoms with Gasteiger partial charge in [0.15, 0.2) is 0 Å². The SMILES string of the molecule is CCCC(C)(CNC(C)(C)C)CN1CCCN(C)CC1. The highest BCUT2D eigenvalue weighted by Crippen LogP contribution is 2.25. The van der Waals surface area contributed by atoms with Gasteiger partial charge >= 0.3 is 0 Å². The molecule has 3 nitrogen and oxygen atoms in total. The van der Waals surface area contributed by atoms with Crippen LogP contribution in [0, 0.1) is 5.41 Å². The average Bonchev–Trinajstić information content (AvgIpc) is 2.52. The lowest BCUT2D eigenvalue weighted by Gasteiger charge is -2.37. The fourth-order valence-corrected chi connectivity index (χ4v) is 3.10. The molecule has 0 aromatic rings. The molecule has 3 heteroatoms. The van der Waals surface area contributed by atoms with Gasteiger partial charge in [0.1, 0.15) is 0 Å². The van der Waals surface area contributed by atoms with Crippen molar-refractivity contribution in [3.05, 3.63) is 0 Å². The number of nitrogens with one attached hydrogen (secondary N) is 1. The summed E-state index contributed by atoms with van der Waals surface area (Å²) in [5, 5.41) is 3.72. The Kier molecular flexibility index (Phi) is 6.96. The first kappa shape index (κ1) is 17.9. The van der Waals surface area contributed by atoms with Gasteiger partial charge in [0.2, 0.25) is 0 Å². The molecule has 0 spiro atoms. The molecule has 0 amide bonds. The van der Waals surface area contributed by atoms with Crippen LogP contribution in [0.2, 0.25) is 0 Å². The fourth-order valence-electron chi connectivity index (χ4n) is 3.10. The van der Waals surface area contributed by atoms with Crippen molar-refractivity contribution in [1.82, 2.24) is 15.1 Å². The Hall–Kier alpha value is -0.120. The van der Waals surface area contributed by atoms with Crippen LogP contribution in [0.15, 0.2) is 0 Å². The third-order valence-corrected chi connectivity index (χ3v) is 4.32. The molecule has 1 atom stereocenters. The Bertz CT molecular complexity index is 272. The Balaban J connectivity index is 2.55. The van der Waals surface area contributed by atoms with Gasteiger partial charge in [-0.1, -0.05) is 20.3 Å². The van der Waals surface area contributed by atoms with E-state index in [1.165, 1.54) is 52.0 Å². The molecule has 1 unspecified atom stereocenters. The second kappa shape index (κ2) is 7.77. The van der Waals surface area contributed by atoms with Crippen molar-refractivity contribution in [1.29, 1.82) is 0 Å². The van der Waals surface area contributed by atoms with Gasteiger partial charge in [-0.05, 0) is 59.2 Å². The molecule has 0 aromatic heterocycles. The molecule has 1 fully saturated rings. The largest absolute Gasteiger partial charge is 0.311 e. The van der Waals surface area contributed by atoms with E-state index in [9.17, 15) is 0 Å². The normalized spacial score (nSPS) is 22.5. The van der Waals surface area contributed by atoms with E-state index in [4.69, 9.17) is 0 Å². The van der Waals surface area contributed by atoms with Gasteiger partial charge in [-0.25, -0.2) is 0 Å². The molecule has 1 heterocycles. The number of rotatable bonds is 6. The van der Waals surface area contributed by atoms with E-state index >= 15 is 0 Å². The van der Waals surface area contributed by atoms with E-state index in [1.807, 2.05) is 0 Å². The molecular formula is C17H37N3. The zero-order valence-corrected chi connectivity index (χ0v) is 14.8. The summed E-state index contributed by atoms with van der Waals surface area (Å²) in [4.78, 5) is 5.15. The van der Waals surface area contributed by atoms with Crippen LogP contribution in [0.4, 0.5) is 0 Å². The second-order valence-corrected chi connectivity index (χ2v) is 8.10. The van der Waals surface area contributed by atoms with Crippen molar-refractivity contribution in [2.45, 2.75) is 59.4 Å². The molecule has 0 aromatic carbocycles. The first-order valence-corrected chi connectivity index (χ1v) is 8.40. The Labute approximate surface area is 127 Å². The molecule has 20 heavy (non-hydrogen) atoms. The van der Waals surface area contributed by atoms with Gasteiger partial charge in [-0.3, -0.25) is 0 Å². The van der Waals surface area contributed by atoms with Crippen LogP contribution in [-0.4, -0.2) is 61.7 Å². The first-order chi connectivity index (χ1) is 9.24. The lowest BCUT2D eigenvalue weighted by molar-refractivity contribution is 0.144. The van der Waals surface area contributed by atoms with Gasteiger partial charge in [0, 0.05) is 31.7 Å². The summed E-state index contributed by atoms with van der Waals surface area (Å²) in [5.74, 6) is 0. The van der Waals surface area contributed by atoms with Crippen molar-refractivity contribution < 1.29 is 0 Å². The molecular weight excluding hydrogens is 246 g/mol. The van der Waals surface area contributed by atoms with E-state index in [1.54, 1.807) is 0 Å². The predicted octanol–water partition coefficient (Wildman–Crippen LogP) is 2.82. The standard InChI is InChI=1S/C17H37N3/c1-7-9-17(5,14-18-16(2,3)4)15-20-11-8-10-19(6)12-13-20/h18H,7-15H2,1-6H3. The van der Waals surface area contributed by atoms with Crippen LogP contribution >= 0.6 is 0 Å². The number of nitrogens with zero attached hydrogens (tertiary/aromatic N) is 2. The molecule has 1 aliphatic heterocycles. The second-order valence-electron chi connectivity index (χ2n) is 8.10. The molecule has 0 saturated carbocycles. The average molecular weight is 284 g/mol. The molecule has 120 valence electrons. The third kappa shape index (κ3) is 7.05. The summed E-state index contributed by atoms with van der Waals surface area (Å²) in [5.41, 5.74) is 0.610. The third-order valence-electron chi connectivity index (χ3n) is 4.32. The van der Waals surface area contributed by atoms with Crippen molar-refractivity contribution in [3.63, 3.8) is 0 Å². The Morgan fingerprint density at radius 1 is 1.00 bits per heavy atom. The summed E-state index contributed by atoms with van der Waals surface area (Å²) < 4.78 is 0. The summed E-state index contributed by atoms with van der Waals surface area (Å²) in [6.07, 6.45) is 3.89. The first-order valence-electron chi connectivity index (χ1n) is 8.40. The summed E-state index contributed by atoms with van der Waals surface area (Å²) in [7, 11) is 2.25. The minimum Gasteiger partial charge on any atom is -0.311 e. The van der Waals surface area contributed by atoms with Gasteiger partial charge in [0.25, 0.3) is 0 Å². The van der Waals surface area contributed by atoms with E-state index in [0.29, 0.717) is 5.41 Å². The zero-order valence-electron chi connectivity index (χ0n) is 14.8. The van der Waals surface area contributed by atoms with E-state index < -0.39 is 0 Å². The van der Waals surface area contributed by atoms with Crippen LogP contribution < -0.4 is 5.32 Å². The summed E-state index contributed by atoms with van der Waals surface area (Å²) in [6.45, 7) is 18.9. The fraction of sp³-hybridized carbons (Fsp3) is 1.00. The molecule has 1 aliphatic rings. The van der Waals surface area contributed by atoms with Crippen molar-refractivity contribution >= 4 is 0 Å².